The zero-order chi connectivity index (χ0) is 20.4. The Labute approximate surface area is 170 Å². The van der Waals surface area contributed by atoms with Crippen LogP contribution in [0.5, 0.6) is 5.75 Å². The van der Waals surface area contributed by atoms with Gasteiger partial charge in [-0.05, 0) is 47.9 Å². The Morgan fingerprint density at radius 3 is 2.59 bits per heavy atom. The Hall–Kier alpha value is -3.28. The highest BCUT2D eigenvalue weighted by atomic mass is 16.5. The fourth-order valence-electron chi connectivity index (χ4n) is 4.13. The average molecular weight is 390 g/mol. The Bertz CT molecular complexity index is 998. The smallest absolute Gasteiger partial charge is 0.253 e. The third-order valence-corrected chi connectivity index (χ3v) is 5.61. The minimum absolute atomic E-state index is 0.133. The molecule has 29 heavy (non-hydrogen) atoms. The number of hydrogen-bond acceptors (Lipinski definition) is 4. The molecule has 1 atom stereocenters. The molecule has 1 aromatic heterocycles. The minimum Gasteiger partial charge on any atom is -0.497 e. The van der Waals surface area contributed by atoms with Crippen molar-refractivity contribution in [2.75, 3.05) is 23.9 Å². The lowest BCUT2D eigenvalue weighted by Gasteiger charge is -2.24. The van der Waals surface area contributed by atoms with Gasteiger partial charge in [0.1, 0.15) is 11.3 Å². The van der Waals surface area contributed by atoms with Crippen molar-refractivity contribution in [3.05, 3.63) is 60.4 Å². The predicted molar refractivity (Wildman–Crippen MR) is 115 cm³/mol. The van der Waals surface area contributed by atoms with Crippen LogP contribution in [0.4, 0.5) is 11.4 Å². The fourth-order valence-corrected chi connectivity index (χ4v) is 4.13. The number of aromatic amines is 1. The summed E-state index contributed by atoms with van der Waals surface area (Å²) in [6.45, 7) is 4.71. The van der Waals surface area contributed by atoms with E-state index in [-0.39, 0.29) is 5.91 Å². The van der Waals surface area contributed by atoms with Crippen LogP contribution in [0.1, 0.15) is 25.8 Å². The molecule has 1 spiro atoms. The second-order valence-corrected chi connectivity index (χ2v) is 7.15. The van der Waals surface area contributed by atoms with E-state index in [4.69, 9.17) is 4.74 Å². The molecule has 6 heteroatoms. The molecule has 5 rings (SSSR count). The van der Waals surface area contributed by atoms with Crippen LogP contribution in [-0.2, 0) is 11.2 Å². The van der Waals surface area contributed by atoms with Crippen LogP contribution >= 0.6 is 0 Å². The predicted octanol–water partition coefficient (Wildman–Crippen LogP) is 4.26. The summed E-state index contributed by atoms with van der Waals surface area (Å²) < 4.78 is 5.32. The highest BCUT2D eigenvalue weighted by Gasteiger charge is 2.50. The van der Waals surface area contributed by atoms with E-state index in [9.17, 15) is 4.79 Å². The number of methoxy groups -OCH3 is 1. The van der Waals surface area contributed by atoms with Crippen molar-refractivity contribution < 1.29 is 9.53 Å². The van der Waals surface area contributed by atoms with E-state index in [0.717, 1.165) is 40.2 Å². The number of nitrogens with zero attached hydrogens (tertiary/aromatic N) is 2. The molecular formula is C23H26N4O2. The fraction of sp³-hybridized carbons (Fsp3) is 0.304. The number of carbonyl (C=O) groups is 1. The van der Waals surface area contributed by atoms with Crippen LogP contribution in [0.3, 0.4) is 0 Å². The van der Waals surface area contributed by atoms with Gasteiger partial charge in [-0.25, -0.2) is 0 Å². The summed E-state index contributed by atoms with van der Waals surface area (Å²) in [5, 5.41) is 10.3. The molecule has 3 heterocycles. The Balaban J connectivity index is 0.000000994. The van der Waals surface area contributed by atoms with Gasteiger partial charge < -0.3 is 15.0 Å². The lowest BCUT2D eigenvalue weighted by molar-refractivity contribution is -0.120. The monoisotopic (exact) mass is 390 g/mol. The molecule has 2 aliphatic heterocycles. The van der Waals surface area contributed by atoms with Crippen LogP contribution in [-0.4, -0.2) is 35.3 Å². The van der Waals surface area contributed by atoms with Crippen molar-refractivity contribution >= 4 is 17.3 Å². The van der Waals surface area contributed by atoms with Crippen LogP contribution in [0.15, 0.2) is 54.9 Å². The molecule has 1 fully saturated rings. The molecule has 2 aromatic carbocycles. The molecule has 0 saturated carbocycles. The van der Waals surface area contributed by atoms with E-state index in [1.54, 1.807) is 13.3 Å². The van der Waals surface area contributed by atoms with Crippen LogP contribution in [0.2, 0.25) is 0 Å². The number of nitrogens with one attached hydrogen (secondary N) is 2. The van der Waals surface area contributed by atoms with Gasteiger partial charge >= 0.3 is 0 Å². The number of ether oxygens (including phenoxy) is 1. The van der Waals surface area contributed by atoms with Crippen LogP contribution in [0.25, 0.3) is 11.1 Å². The van der Waals surface area contributed by atoms with Gasteiger partial charge in [0.15, 0.2) is 0 Å². The summed E-state index contributed by atoms with van der Waals surface area (Å²) >= 11 is 0. The van der Waals surface area contributed by atoms with Crippen molar-refractivity contribution in [2.24, 2.45) is 0 Å². The van der Waals surface area contributed by atoms with E-state index >= 15 is 0 Å². The zero-order valence-electron chi connectivity index (χ0n) is 17.0. The first-order valence-corrected chi connectivity index (χ1v) is 10.0. The number of rotatable bonds is 3. The number of benzene rings is 2. The second-order valence-electron chi connectivity index (χ2n) is 7.15. The molecule has 1 amide bonds. The van der Waals surface area contributed by atoms with E-state index in [1.807, 2.05) is 67.4 Å². The molecule has 150 valence electrons. The summed E-state index contributed by atoms with van der Waals surface area (Å²) in [6, 6.07) is 14.0. The number of amides is 1. The number of fused-ring (bicyclic) bond motifs is 1. The summed E-state index contributed by atoms with van der Waals surface area (Å²) in [5.74, 6) is 0.957. The zero-order valence-corrected chi connectivity index (χ0v) is 17.0. The number of hydrogen-bond donors (Lipinski definition) is 2. The topological polar surface area (TPSA) is 70.2 Å². The van der Waals surface area contributed by atoms with E-state index in [0.29, 0.717) is 13.0 Å². The molecule has 6 nitrogen and oxygen atoms in total. The third kappa shape index (κ3) is 3.24. The highest BCUT2D eigenvalue weighted by molar-refractivity contribution is 6.06. The van der Waals surface area contributed by atoms with E-state index in [1.165, 1.54) is 0 Å². The highest BCUT2D eigenvalue weighted by Crippen LogP contribution is 2.41. The van der Waals surface area contributed by atoms with Gasteiger partial charge in [0, 0.05) is 36.1 Å². The van der Waals surface area contributed by atoms with Gasteiger partial charge in [0.05, 0.1) is 13.3 Å². The molecule has 1 saturated heterocycles. The van der Waals surface area contributed by atoms with Crippen molar-refractivity contribution in [1.29, 1.82) is 0 Å². The SMILES string of the molecule is CC.COc1ccc2c(c1)CC1(CCN(c3ccc(-c4cn[nH]c4)cc3)C1=O)N2. The van der Waals surface area contributed by atoms with Gasteiger partial charge in [-0.3, -0.25) is 9.89 Å². The first kappa shape index (κ1) is 19.1. The van der Waals surface area contributed by atoms with Gasteiger partial charge in [-0.15, -0.1) is 0 Å². The lowest BCUT2D eigenvalue weighted by atomic mass is 9.93. The van der Waals surface area contributed by atoms with E-state index in [2.05, 4.69) is 15.5 Å². The lowest BCUT2D eigenvalue weighted by Crippen LogP contribution is -2.45. The molecular weight excluding hydrogens is 364 g/mol. The number of carbonyl (C=O) groups excluding carboxylic acids is 1. The maximum absolute atomic E-state index is 13.3. The molecule has 2 aliphatic rings. The minimum atomic E-state index is -0.544. The maximum Gasteiger partial charge on any atom is 0.253 e. The van der Waals surface area contributed by atoms with Crippen molar-refractivity contribution in [2.45, 2.75) is 32.2 Å². The number of anilines is 2. The Morgan fingerprint density at radius 1 is 1.10 bits per heavy atom. The largest absolute Gasteiger partial charge is 0.497 e. The standard InChI is InChI=1S/C21H20N4O2.C2H6/c1-27-18-6-7-19-15(10-18)11-21(24-19)8-9-25(20(21)26)17-4-2-14(3-5-17)16-12-22-23-13-16;1-2/h2-7,10,12-13,24H,8-9,11H2,1H3,(H,22,23);1-2H3. The summed E-state index contributed by atoms with van der Waals surface area (Å²) in [7, 11) is 1.66. The normalized spacial score (nSPS) is 19.6. The average Bonchev–Trinajstić information content (AvgIpc) is 3.49. The number of H-pyrrole nitrogens is 1. The molecule has 3 aromatic rings. The molecule has 0 radical (unpaired) electrons. The van der Waals surface area contributed by atoms with Gasteiger partial charge in [0.2, 0.25) is 0 Å². The maximum atomic E-state index is 13.3. The van der Waals surface area contributed by atoms with Gasteiger partial charge in [-0.2, -0.15) is 5.10 Å². The Morgan fingerprint density at radius 2 is 1.90 bits per heavy atom. The van der Waals surface area contributed by atoms with Gasteiger partial charge in [-0.1, -0.05) is 26.0 Å². The molecule has 0 aliphatic carbocycles. The van der Waals surface area contributed by atoms with Crippen LogP contribution in [0, 0.1) is 0 Å². The third-order valence-electron chi connectivity index (χ3n) is 5.61. The second kappa shape index (κ2) is 7.62. The summed E-state index contributed by atoms with van der Waals surface area (Å²) in [4.78, 5) is 15.2. The first-order valence-electron chi connectivity index (χ1n) is 10.0. The molecule has 0 bridgehead atoms. The van der Waals surface area contributed by atoms with Crippen molar-refractivity contribution in [1.82, 2.24) is 10.2 Å². The van der Waals surface area contributed by atoms with E-state index < -0.39 is 5.54 Å². The van der Waals surface area contributed by atoms with Crippen LogP contribution < -0.4 is 15.0 Å². The molecule has 1 unspecified atom stereocenters. The summed E-state index contributed by atoms with van der Waals surface area (Å²) in [5.41, 5.74) is 4.67. The van der Waals surface area contributed by atoms with Crippen molar-refractivity contribution in [3.8, 4) is 16.9 Å². The van der Waals surface area contributed by atoms with Gasteiger partial charge in [0.25, 0.3) is 5.91 Å². The first-order chi connectivity index (χ1) is 14.2. The quantitative estimate of drug-likeness (QED) is 0.701. The number of aromatic nitrogens is 2. The summed E-state index contributed by atoms with van der Waals surface area (Å²) in [6.07, 6.45) is 5.13. The van der Waals surface area contributed by atoms with Crippen molar-refractivity contribution in [3.63, 3.8) is 0 Å². The Kier molecular flexibility index (Phi) is 5.01. The molecule has 2 N–H and O–H groups in total.